The van der Waals surface area contributed by atoms with Gasteiger partial charge in [-0.2, -0.15) is 0 Å². The van der Waals surface area contributed by atoms with Crippen LogP contribution in [-0.2, 0) is 11.8 Å². The monoisotopic (exact) mass is 761 g/mol. The predicted octanol–water partition coefficient (Wildman–Crippen LogP) is 15.4. The Morgan fingerprint density at radius 1 is 0.475 bits per heavy atom. The molecule has 7 aromatic carbocycles. The van der Waals surface area contributed by atoms with Gasteiger partial charge in [0.1, 0.15) is 0 Å². The minimum atomic E-state index is 0.0743. The molecule has 0 saturated carbocycles. The Labute approximate surface area is 350 Å². The number of nitrogens with zero attached hydrogens (tertiary/aromatic N) is 1. The van der Waals surface area contributed by atoms with Crippen LogP contribution in [0.5, 0.6) is 0 Å². The molecule has 0 aliphatic heterocycles. The van der Waals surface area contributed by atoms with E-state index in [0.29, 0.717) is 0 Å². The average molecular weight is 762 g/mol. The van der Waals surface area contributed by atoms with Crippen LogP contribution in [0.2, 0.25) is 0 Å². The SMILES string of the molecule is Cc1ccc(-c2ccccc2)cc1.Cc1cccccc2cc(-c3ccc(-c4ccc(CC5=CCC(C)(c6ccccc6)C=C5)cc4)cc3)ccc2n1-c1ccccc1. The number of aromatic nitrogens is 1. The lowest BCUT2D eigenvalue weighted by atomic mass is 9.75. The molecule has 9 rings (SSSR count). The van der Waals surface area contributed by atoms with Crippen LogP contribution < -0.4 is 0 Å². The lowest BCUT2D eigenvalue weighted by molar-refractivity contribution is 0.595. The van der Waals surface area contributed by atoms with E-state index in [9.17, 15) is 0 Å². The Bertz CT molecular complexity index is 2740. The van der Waals surface area contributed by atoms with Crippen molar-refractivity contribution in [1.82, 2.24) is 4.57 Å². The molecule has 0 saturated heterocycles. The zero-order chi connectivity index (χ0) is 40.4. The van der Waals surface area contributed by atoms with Crippen LogP contribution >= 0.6 is 0 Å². The summed E-state index contributed by atoms with van der Waals surface area (Å²) in [7, 11) is 0. The highest BCUT2D eigenvalue weighted by Crippen LogP contribution is 2.35. The Hall–Kier alpha value is -6.96. The van der Waals surface area contributed by atoms with Crippen molar-refractivity contribution in [2.24, 2.45) is 0 Å². The van der Waals surface area contributed by atoms with E-state index < -0.39 is 0 Å². The topological polar surface area (TPSA) is 4.93 Å². The molecule has 1 aliphatic carbocycles. The van der Waals surface area contributed by atoms with Gasteiger partial charge < -0.3 is 4.57 Å². The second kappa shape index (κ2) is 18.1. The second-order valence-corrected chi connectivity index (χ2v) is 15.8. The summed E-state index contributed by atoms with van der Waals surface area (Å²) < 4.78 is 2.33. The number of aryl methyl sites for hydroxylation is 2. The third-order valence-corrected chi connectivity index (χ3v) is 11.4. The lowest BCUT2D eigenvalue weighted by Gasteiger charge is -2.28. The highest BCUT2D eigenvalue weighted by Gasteiger charge is 2.24. The van der Waals surface area contributed by atoms with Gasteiger partial charge in [0.05, 0.1) is 5.52 Å². The Morgan fingerprint density at radius 2 is 0.966 bits per heavy atom. The summed E-state index contributed by atoms with van der Waals surface area (Å²) in [5.74, 6) is 0. The Kier molecular flexibility index (Phi) is 11.9. The van der Waals surface area contributed by atoms with E-state index in [4.69, 9.17) is 0 Å². The fraction of sp³-hybridized carbons (Fsp3) is 0.103. The normalized spacial score (nSPS) is 14.5. The van der Waals surface area contributed by atoms with E-state index in [1.165, 1.54) is 72.2 Å². The minimum Gasteiger partial charge on any atom is -0.314 e. The van der Waals surface area contributed by atoms with Crippen molar-refractivity contribution in [1.29, 1.82) is 0 Å². The standard InChI is InChI=1S/C45H39N.C13H12/c1-34-12-6-3-7-13-41-33-40(26-27-44(41)46(34)43-16-10-5-11-17-43)39-24-22-38(23-25-39)37-20-18-35(19-21-37)32-36-28-30-45(2,31-29-36)42-14-8-4-9-15-42;1-11-7-9-13(10-8-11)12-5-3-2-4-6-12/h3-30,33H,31-32H2,1-2H3;2-10H,1H3. The molecular weight excluding hydrogens is 711 g/mol. The van der Waals surface area contributed by atoms with Gasteiger partial charge >= 0.3 is 0 Å². The van der Waals surface area contributed by atoms with Gasteiger partial charge in [0.15, 0.2) is 0 Å². The van der Waals surface area contributed by atoms with Crippen LogP contribution in [0.15, 0.2) is 236 Å². The highest BCUT2D eigenvalue weighted by atomic mass is 15.0. The third kappa shape index (κ3) is 9.44. The molecule has 0 fully saturated rings. The first-order valence-corrected chi connectivity index (χ1v) is 20.7. The summed E-state index contributed by atoms with van der Waals surface area (Å²) in [6, 6.07) is 75.9. The van der Waals surface area contributed by atoms with Gasteiger partial charge in [-0.05, 0) is 112 Å². The first kappa shape index (κ1) is 38.9. The van der Waals surface area contributed by atoms with Gasteiger partial charge in [0, 0.05) is 16.8 Å². The predicted molar refractivity (Wildman–Crippen MR) is 252 cm³/mol. The van der Waals surface area contributed by atoms with E-state index in [-0.39, 0.29) is 5.41 Å². The maximum Gasteiger partial charge on any atom is 0.0531 e. The van der Waals surface area contributed by atoms with E-state index in [1.54, 1.807) is 0 Å². The summed E-state index contributed by atoms with van der Waals surface area (Å²) in [6.07, 6.45) is 9.10. The molecule has 1 aromatic heterocycles. The maximum absolute atomic E-state index is 2.41. The number of hydrogen-bond acceptors (Lipinski definition) is 0. The largest absolute Gasteiger partial charge is 0.314 e. The van der Waals surface area contributed by atoms with Crippen LogP contribution in [-0.4, -0.2) is 4.57 Å². The molecule has 1 aliphatic rings. The molecule has 0 radical (unpaired) electrons. The van der Waals surface area contributed by atoms with Crippen molar-refractivity contribution in [2.45, 2.75) is 39.0 Å². The molecule has 1 atom stereocenters. The van der Waals surface area contributed by atoms with Crippen LogP contribution in [0.3, 0.4) is 0 Å². The smallest absolute Gasteiger partial charge is 0.0531 e. The van der Waals surface area contributed by atoms with E-state index in [1.807, 2.05) is 6.07 Å². The van der Waals surface area contributed by atoms with Crippen molar-refractivity contribution in [3.63, 3.8) is 0 Å². The molecule has 1 unspecified atom stereocenters. The van der Waals surface area contributed by atoms with Gasteiger partial charge in [0.25, 0.3) is 0 Å². The highest BCUT2D eigenvalue weighted by molar-refractivity contribution is 5.86. The number of para-hydroxylation sites is 1. The van der Waals surface area contributed by atoms with E-state index >= 15 is 0 Å². The van der Waals surface area contributed by atoms with Crippen molar-refractivity contribution in [3.8, 4) is 39.1 Å². The number of allylic oxidation sites excluding steroid dienone is 4. The van der Waals surface area contributed by atoms with Gasteiger partial charge in [-0.15, -0.1) is 0 Å². The zero-order valence-electron chi connectivity index (χ0n) is 34.3. The summed E-state index contributed by atoms with van der Waals surface area (Å²) >= 11 is 0. The number of rotatable bonds is 7. The molecule has 0 spiro atoms. The molecule has 1 heteroatoms. The van der Waals surface area contributed by atoms with Crippen molar-refractivity contribution < 1.29 is 0 Å². The van der Waals surface area contributed by atoms with Crippen molar-refractivity contribution >= 4 is 10.9 Å². The lowest BCUT2D eigenvalue weighted by Crippen LogP contribution is -2.20. The maximum atomic E-state index is 2.41. The summed E-state index contributed by atoms with van der Waals surface area (Å²) in [5.41, 5.74) is 16.4. The molecule has 0 bridgehead atoms. The van der Waals surface area contributed by atoms with Crippen molar-refractivity contribution in [3.05, 3.63) is 259 Å². The molecule has 1 heterocycles. The molecular formula is C58H51N. The Morgan fingerprint density at radius 3 is 1.58 bits per heavy atom. The summed E-state index contributed by atoms with van der Waals surface area (Å²) in [5, 5.41) is 1.19. The van der Waals surface area contributed by atoms with Gasteiger partial charge in [-0.3, -0.25) is 0 Å². The summed E-state index contributed by atoms with van der Waals surface area (Å²) in [6.45, 7) is 6.60. The van der Waals surface area contributed by atoms with Crippen molar-refractivity contribution in [2.75, 3.05) is 0 Å². The molecule has 0 amide bonds. The first-order chi connectivity index (χ1) is 28.9. The minimum absolute atomic E-state index is 0.0743. The molecule has 59 heavy (non-hydrogen) atoms. The van der Waals surface area contributed by atoms with E-state index in [2.05, 4.69) is 250 Å². The van der Waals surface area contributed by atoms with Gasteiger partial charge in [0.2, 0.25) is 0 Å². The van der Waals surface area contributed by atoms with Crippen LogP contribution in [0, 0.1) is 13.8 Å². The fourth-order valence-electron chi connectivity index (χ4n) is 7.89. The quantitative estimate of drug-likeness (QED) is 0.152. The van der Waals surface area contributed by atoms with Crippen LogP contribution in [0.4, 0.5) is 0 Å². The van der Waals surface area contributed by atoms with Gasteiger partial charge in [-0.25, -0.2) is 0 Å². The molecule has 0 N–H and O–H groups in total. The summed E-state index contributed by atoms with van der Waals surface area (Å²) in [4.78, 5) is 0. The average Bonchev–Trinajstić information content (AvgIpc) is 3.37. The van der Waals surface area contributed by atoms with E-state index in [0.717, 1.165) is 18.5 Å². The second-order valence-electron chi connectivity index (χ2n) is 15.8. The van der Waals surface area contributed by atoms with Gasteiger partial charge in [-0.1, -0.05) is 213 Å². The number of fused-ring (bicyclic) bond motifs is 1. The number of benzene rings is 7. The molecule has 8 aromatic rings. The Balaban J connectivity index is 0.000000316. The fourth-order valence-corrected chi connectivity index (χ4v) is 7.89. The number of hydrogen-bond donors (Lipinski definition) is 0. The van der Waals surface area contributed by atoms with Crippen LogP contribution in [0.25, 0.3) is 50.0 Å². The molecule has 1 nitrogen and oxygen atoms in total. The third-order valence-electron chi connectivity index (χ3n) is 11.4. The van der Waals surface area contributed by atoms with Crippen LogP contribution in [0.1, 0.15) is 35.7 Å². The first-order valence-electron chi connectivity index (χ1n) is 20.7. The molecule has 288 valence electrons. The zero-order valence-corrected chi connectivity index (χ0v) is 34.3.